The largest absolute Gasteiger partial charge is 0.484 e. The maximum Gasteiger partial charge on any atom is 0.261 e. The van der Waals surface area contributed by atoms with Gasteiger partial charge in [-0.2, -0.15) is 4.31 Å². The minimum atomic E-state index is -3.64. The number of halogens is 1. The molecule has 11 heteroatoms. The van der Waals surface area contributed by atoms with Gasteiger partial charge >= 0.3 is 0 Å². The quantitative estimate of drug-likeness (QED) is 0.342. The van der Waals surface area contributed by atoms with Crippen molar-refractivity contribution in [2.24, 2.45) is 0 Å². The summed E-state index contributed by atoms with van der Waals surface area (Å²) < 4.78 is 38.1. The molecule has 3 aromatic carbocycles. The lowest BCUT2D eigenvalue weighted by molar-refractivity contribution is -0.142. The predicted octanol–water partition coefficient (Wildman–Crippen LogP) is 3.52. The number of nitrogens with zero attached hydrogens (tertiary/aromatic N) is 2. The molecule has 1 atom stereocenters. The molecule has 1 aliphatic heterocycles. The average molecular weight is 600 g/mol. The number of carbonyl (C=O) groups excluding carboxylic acids is 2. The molecular formula is C30H34ClN3O6S. The minimum absolute atomic E-state index is 0.142. The lowest BCUT2D eigenvalue weighted by atomic mass is 10.1. The van der Waals surface area contributed by atoms with Crippen molar-refractivity contribution < 1.29 is 27.5 Å². The van der Waals surface area contributed by atoms with Crippen LogP contribution >= 0.6 is 11.6 Å². The van der Waals surface area contributed by atoms with Crippen LogP contribution in [0.25, 0.3) is 0 Å². The maximum absolute atomic E-state index is 13.3. The molecule has 1 N–H and O–H groups in total. The van der Waals surface area contributed by atoms with Gasteiger partial charge in [-0.3, -0.25) is 9.59 Å². The van der Waals surface area contributed by atoms with E-state index in [0.29, 0.717) is 50.0 Å². The highest BCUT2D eigenvalue weighted by molar-refractivity contribution is 7.89. The number of hydrogen-bond acceptors (Lipinski definition) is 6. The third-order valence-corrected chi connectivity index (χ3v) is 8.95. The van der Waals surface area contributed by atoms with E-state index in [-0.39, 0.29) is 24.0 Å². The van der Waals surface area contributed by atoms with Crippen molar-refractivity contribution >= 4 is 33.4 Å². The highest BCUT2D eigenvalue weighted by Gasteiger charge is 2.28. The number of ether oxygens (including phenoxy) is 2. The van der Waals surface area contributed by atoms with Crippen LogP contribution in [0.3, 0.4) is 0 Å². The minimum Gasteiger partial charge on any atom is -0.484 e. The number of hydrogen-bond donors (Lipinski definition) is 1. The van der Waals surface area contributed by atoms with Crippen molar-refractivity contribution in [3.63, 3.8) is 0 Å². The molecule has 0 aliphatic carbocycles. The van der Waals surface area contributed by atoms with Gasteiger partial charge in [-0.1, -0.05) is 54.1 Å². The molecule has 218 valence electrons. The number of rotatable bonds is 12. The smallest absolute Gasteiger partial charge is 0.261 e. The Morgan fingerprint density at radius 2 is 1.63 bits per heavy atom. The van der Waals surface area contributed by atoms with E-state index in [2.05, 4.69) is 5.32 Å². The Hall–Kier alpha value is -3.44. The van der Waals surface area contributed by atoms with Crippen LogP contribution in [-0.4, -0.2) is 74.9 Å². The van der Waals surface area contributed by atoms with Crippen molar-refractivity contribution in [3.05, 3.63) is 95.0 Å². The van der Waals surface area contributed by atoms with Crippen LogP contribution in [0.1, 0.15) is 18.1 Å². The molecule has 0 saturated carbocycles. The Balaban J connectivity index is 1.39. The predicted molar refractivity (Wildman–Crippen MR) is 156 cm³/mol. The van der Waals surface area contributed by atoms with Gasteiger partial charge in [0.15, 0.2) is 6.61 Å². The topological polar surface area (TPSA) is 105 Å². The summed E-state index contributed by atoms with van der Waals surface area (Å²) in [7, 11) is -3.64. The van der Waals surface area contributed by atoms with E-state index in [1.165, 1.54) is 33.5 Å². The van der Waals surface area contributed by atoms with Gasteiger partial charge in [-0.25, -0.2) is 8.42 Å². The summed E-state index contributed by atoms with van der Waals surface area (Å²) in [5, 5.41) is 3.49. The maximum atomic E-state index is 13.3. The highest BCUT2D eigenvalue weighted by atomic mass is 35.5. The van der Waals surface area contributed by atoms with Gasteiger partial charge in [0, 0.05) is 31.2 Å². The Bertz CT molecular complexity index is 1400. The molecule has 3 aromatic rings. The van der Waals surface area contributed by atoms with Crippen molar-refractivity contribution in [1.82, 2.24) is 14.5 Å². The van der Waals surface area contributed by atoms with Crippen LogP contribution in [-0.2, 0) is 37.3 Å². The molecule has 0 bridgehead atoms. The molecule has 2 amide bonds. The fourth-order valence-electron chi connectivity index (χ4n) is 4.36. The second-order valence-electron chi connectivity index (χ2n) is 9.63. The zero-order valence-electron chi connectivity index (χ0n) is 22.9. The van der Waals surface area contributed by atoms with Crippen molar-refractivity contribution in [3.8, 4) is 5.75 Å². The number of benzene rings is 3. The fourth-order valence-corrected chi connectivity index (χ4v) is 5.90. The van der Waals surface area contributed by atoms with E-state index >= 15 is 0 Å². The SMILES string of the molecule is CC(C(=O)NCCc1ccccc1)N(Cc1ccc(Cl)cc1)C(=O)COc1ccc(S(=O)(=O)N2CCOCC2)cc1. The van der Waals surface area contributed by atoms with Crippen LogP contribution in [0.5, 0.6) is 5.75 Å². The monoisotopic (exact) mass is 599 g/mol. The number of amides is 2. The molecule has 0 aromatic heterocycles. The molecule has 0 radical (unpaired) electrons. The summed E-state index contributed by atoms with van der Waals surface area (Å²) in [6.07, 6.45) is 0.671. The van der Waals surface area contributed by atoms with E-state index in [9.17, 15) is 18.0 Å². The van der Waals surface area contributed by atoms with Crippen molar-refractivity contribution in [2.75, 3.05) is 39.5 Å². The van der Waals surface area contributed by atoms with Gasteiger partial charge in [0.05, 0.1) is 18.1 Å². The second-order valence-corrected chi connectivity index (χ2v) is 12.0. The summed E-state index contributed by atoms with van der Waals surface area (Å²) in [5.74, 6) is -0.331. The number of morpholine rings is 1. The Morgan fingerprint density at radius 3 is 2.29 bits per heavy atom. The number of carbonyl (C=O) groups is 2. The average Bonchev–Trinajstić information content (AvgIpc) is 3.00. The van der Waals surface area contributed by atoms with Crippen molar-refractivity contribution in [1.29, 1.82) is 0 Å². The van der Waals surface area contributed by atoms with Gasteiger partial charge < -0.3 is 19.7 Å². The molecular weight excluding hydrogens is 566 g/mol. The normalized spacial score (nSPS) is 14.7. The third kappa shape index (κ3) is 8.53. The standard InChI is InChI=1S/C30H34ClN3O6S/c1-23(30(36)32-16-15-24-5-3-2-4-6-24)34(21-25-7-9-26(31)10-8-25)29(35)22-40-27-11-13-28(14-12-27)41(37,38)33-17-19-39-20-18-33/h2-14,23H,15-22H2,1H3,(H,32,36). The van der Waals surface area contributed by atoms with Gasteiger partial charge in [-0.15, -0.1) is 0 Å². The summed E-state index contributed by atoms with van der Waals surface area (Å²) in [6, 6.07) is 22.1. The Kier molecular flexibility index (Phi) is 10.8. The first-order valence-electron chi connectivity index (χ1n) is 13.4. The molecule has 1 aliphatic rings. The molecule has 4 rings (SSSR count). The van der Waals surface area contributed by atoms with E-state index in [1.807, 2.05) is 30.3 Å². The number of nitrogens with one attached hydrogen (secondary N) is 1. The molecule has 41 heavy (non-hydrogen) atoms. The molecule has 9 nitrogen and oxygen atoms in total. The Morgan fingerprint density at radius 1 is 0.976 bits per heavy atom. The van der Waals surface area contributed by atoms with Crippen LogP contribution in [0.4, 0.5) is 0 Å². The second kappa shape index (κ2) is 14.5. The molecule has 1 saturated heterocycles. The van der Waals surface area contributed by atoms with E-state index in [0.717, 1.165) is 11.1 Å². The first-order chi connectivity index (χ1) is 19.7. The highest BCUT2D eigenvalue weighted by Crippen LogP contribution is 2.21. The number of sulfonamides is 1. The van der Waals surface area contributed by atoms with E-state index < -0.39 is 22.0 Å². The summed E-state index contributed by atoms with van der Waals surface area (Å²) in [6.45, 7) is 3.29. The first-order valence-corrected chi connectivity index (χ1v) is 15.2. The summed E-state index contributed by atoms with van der Waals surface area (Å²) in [4.78, 5) is 28.0. The van der Waals surface area contributed by atoms with Crippen LogP contribution in [0, 0.1) is 0 Å². The van der Waals surface area contributed by atoms with Gasteiger partial charge in [0.1, 0.15) is 11.8 Å². The van der Waals surface area contributed by atoms with Crippen LogP contribution in [0.15, 0.2) is 83.8 Å². The Labute approximate surface area is 246 Å². The van der Waals surface area contributed by atoms with Crippen LogP contribution in [0.2, 0.25) is 5.02 Å². The zero-order chi connectivity index (χ0) is 29.2. The molecule has 1 heterocycles. The summed E-state index contributed by atoms with van der Waals surface area (Å²) in [5.41, 5.74) is 1.91. The van der Waals surface area contributed by atoms with Gasteiger partial charge in [0.25, 0.3) is 5.91 Å². The lowest BCUT2D eigenvalue weighted by Crippen LogP contribution is -2.49. The van der Waals surface area contributed by atoms with E-state index in [4.69, 9.17) is 21.1 Å². The molecule has 1 unspecified atom stereocenters. The molecule has 1 fully saturated rings. The van der Waals surface area contributed by atoms with E-state index in [1.54, 1.807) is 31.2 Å². The third-order valence-electron chi connectivity index (χ3n) is 6.78. The van der Waals surface area contributed by atoms with Crippen LogP contribution < -0.4 is 10.1 Å². The van der Waals surface area contributed by atoms with Gasteiger partial charge in [-0.05, 0) is 60.9 Å². The fraction of sp³-hybridized carbons (Fsp3) is 0.333. The summed E-state index contributed by atoms with van der Waals surface area (Å²) >= 11 is 6.02. The zero-order valence-corrected chi connectivity index (χ0v) is 24.4. The van der Waals surface area contributed by atoms with Gasteiger partial charge in [0.2, 0.25) is 15.9 Å². The molecule has 0 spiro atoms. The lowest BCUT2D eigenvalue weighted by Gasteiger charge is -2.29. The first kappa shape index (κ1) is 30.5. The van der Waals surface area contributed by atoms with Crippen molar-refractivity contribution in [2.45, 2.75) is 30.8 Å².